The monoisotopic (exact) mass is 307 g/mol. The second-order valence-electron chi connectivity index (χ2n) is 6.43. The highest BCUT2D eigenvalue weighted by molar-refractivity contribution is 5.94. The molecular formula is C17H25NO4. The van der Waals surface area contributed by atoms with Gasteiger partial charge in [0.1, 0.15) is 5.75 Å². The van der Waals surface area contributed by atoms with E-state index >= 15 is 0 Å². The van der Waals surface area contributed by atoms with Crippen LogP contribution < -0.4 is 10.1 Å². The van der Waals surface area contributed by atoms with E-state index in [1.165, 1.54) is 0 Å². The molecule has 2 N–H and O–H groups in total. The molecule has 0 aliphatic carbocycles. The minimum atomic E-state index is -0.870. The number of rotatable bonds is 8. The van der Waals surface area contributed by atoms with Gasteiger partial charge in [-0.15, -0.1) is 0 Å². The summed E-state index contributed by atoms with van der Waals surface area (Å²) in [5.41, 5.74) is -0.343. The molecule has 122 valence electrons. The molecule has 0 saturated carbocycles. The zero-order valence-electron chi connectivity index (χ0n) is 13.7. The minimum absolute atomic E-state index is 0.226. The first-order valence-electron chi connectivity index (χ1n) is 7.47. The van der Waals surface area contributed by atoms with Gasteiger partial charge in [0.15, 0.2) is 0 Å². The Bertz CT molecular complexity index is 523. The van der Waals surface area contributed by atoms with Crippen LogP contribution in [0.3, 0.4) is 0 Å². The summed E-state index contributed by atoms with van der Waals surface area (Å²) in [4.78, 5) is 23.1. The number of carboxylic acid groups (broad SMARTS) is 1. The molecule has 5 heteroatoms. The number of carbonyl (C=O) groups is 2. The van der Waals surface area contributed by atoms with E-state index < -0.39 is 11.4 Å². The van der Waals surface area contributed by atoms with Crippen molar-refractivity contribution in [1.82, 2.24) is 5.32 Å². The SMILES string of the molecule is CC(C)COc1cccc(C(=O)NCCC(C)(C)C(=O)O)c1. The van der Waals surface area contributed by atoms with Crippen LogP contribution in [0, 0.1) is 11.3 Å². The third-order valence-electron chi connectivity index (χ3n) is 3.29. The molecule has 0 unspecified atom stereocenters. The van der Waals surface area contributed by atoms with Crippen LogP contribution in [0.2, 0.25) is 0 Å². The molecule has 0 radical (unpaired) electrons. The lowest BCUT2D eigenvalue weighted by Gasteiger charge is -2.19. The second-order valence-corrected chi connectivity index (χ2v) is 6.43. The summed E-state index contributed by atoms with van der Waals surface area (Å²) in [6, 6.07) is 6.98. The largest absolute Gasteiger partial charge is 0.493 e. The molecule has 1 aromatic carbocycles. The van der Waals surface area contributed by atoms with E-state index in [0.717, 1.165) is 0 Å². The van der Waals surface area contributed by atoms with Crippen LogP contribution in [0.25, 0.3) is 0 Å². The number of nitrogens with one attached hydrogen (secondary N) is 1. The lowest BCUT2D eigenvalue weighted by Crippen LogP contribution is -2.31. The van der Waals surface area contributed by atoms with Gasteiger partial charge < -0.3 is 15.2 Å². The van der Waals surface area contributed by atoms with Gasteiger partial charge in [-0.25, -0.2) is 0 Å². The molecule has 0 spiro atoms. The van der Waals surface area contributed by atoms with Gasteiger partial charge in [-0.3, -0.25) is 9.59 Å². The number of aliphatic carboxylic acids is 1. The lowest BCUT2D eigenvalue weighted by molar-refractivity contribution is -0.147. The molecule has 1 amide bonds. The molecule has 22 heavy (non-hydrogen) atoms. The highest BCUT2D eigenvalue weighted by atomic mass is 16.5. The Hall–Kier alpha value is -2.04. The number of carboxylic acids is 1. The average molecular weight is 307 g/mol. The highest BCUT2D eigenvalue weighted by Crippen LogP contribution is 2.19. The molecule has 5 nitrogen and oxygen atoms in total. The van der Waals surface area contributed by atoms with Crippen molar-refractivity contribution < 1.29 is 19.4 Å². The van der Waals surface area contributed by atoms with Gasteiger partial charge in [0, 0.05) is 12.1 Å². The van der Waals surface area contributed by atoms with Crippen molar-refractivity contribution in [2.45, 2.75) is 34.1 Å². The second kappa shape index (κ2) is 7.82. The average Bonchev–Trinajstić information content (AvgIpc) is 2.45. The molecule has 0 atom stereocenters. The lowest BCUT2D eigenvalue weighted by atomic mass is 9.90. The van der Waals surface area contributed by atoms with Crippen molar-refractivity contribution in [2.75, 3.05) is 13.2 Å². The van der Waals surface area contributed by atoms with Gasteiger partial charge in [0.2, 0.25) is 0 Å². The normalized spacial score (nSPS) is 11.3. The van der Waals surface area contributed by atoms with Gasteiger partial charge in [0.25, 0.3) is 5.91 Å². The van der Waals surface area contributed by atoms with Crippen molar-refractivity contribution in [3.8, 4) is 5.75 Å². The number of hydrogen-bond donors (Lipinski definition) is 2. The van der Waals surface area contributed by atoms with E-state index in [0.29, 0.717) is 36.8 Å². The minimum Gasteiger partial charge on any atom is -0.493 e. The molecule has 0 heterocycles. The predicted molar refractivity (Wildman–Crippen MR) is 85.1 cm³/mol. The molecule has 0 fully saturated rings. The number of carbonyl (C=O) groups excluding carboxylic acids is 1. The zero-order valence-corrected chi connectivity index (χ0v) is 13.7. The Labute approximate surface area is 131 Å². The molecule has 1 aromatic rings. The van der Waals surface area contributed by atoms with Crippen molar-refractivity contribution in [3.63, 3.8) is 0 Å². The maximum absolute atomic E-state index is 12.1. The first kappa shape index (κ1) is 18.0. The third-order valence-corrected chi connectivity index (χ3v) is 3.29. The fraction of sp³-hybridized carbons (Fsp3) is 0.529. The summed E-state index contributed by atoms with van der Waals surface area (Å²) in [5.74, 6) is -0.0232. The van der Waals surface area contributed by atoms with Gasteiger partial charge >= 0.3 is 5.97 Å². The van der Waals surface area contributed by atoms with Crippen molar-refractivity contribution in [2.24, 2.45) is 11.3 Å². The quantitative estimate of drug-likeness (QED) is 0.774. The Morgan fingerprint density at radius 2 is 2.00 bits per heavy atom. The fourth-order valence-corrected chi connectivity index (χ4v) is 1.69. The molecular weight excluding hydrogens is 282 g/mol. The first-order chi connectivity index (χ1) is 10.2. The van der Waals surface area contributed by atoms with Crippen LogP contribution in [0.15, 0.2) is 24.3 Å². The van der Waals surface area contributed by atoms with Crippen molar-refractivity contribution in [3.05, 3.63) is 29.8 Å². The fourth-order valence-electron chi connectivity index (χ4n) is 1.69. The van der Waals surface area contributed by atoms with Gasteiger partial charge in [-0.2, -0.15) is 0 Å². The Balaban J connectivity index is 2.55. The Morgan fingerprint density at radius 3 is 2.59 bits per heavy atom. The molecule has 1 rings (SSSR count). The van der Waals surface area contributed by atoms with Crippen molar-refractivity contribution in [1.29, 1.82) is 0 Å². The first-order valence-corrected chi connectivity index (χ1v) is 7.47. The van der Waals surface area contributed by atoms with Gasteiger partial charge in [-0.1, -0.05) is 19.9 Å². The van der Waals surface area contributed by atoms with E-state index in [1.807, 2.05) is 6.07 Å². The van der Waals surface area contributed by atoms with Gasteiger partial charge in [0.05, 0.1) is 12.0 Å². The van der Waals surface area contributed by atoms with E-state index in [9.17, 15) is 9.59 Å². The number of ether oxygens (including phenoxy) is 1. The van der Waals surface area contributed by atoms with Crippen LogP contribution in [0.4, 0.5) is 0 Å². The highest BCUT2D eigenvalue weighted by Gasteiger charge is 2.26. The van der Waals surface area contributed by atoms with Crippen LogP contribution in [-0.2, 0) is 4.79 Å². The van der Waals surface area contributed by atoms with E-state index in [-0.39, 0.29) is 5.91 Å². The summed E-state index contributed by atoms with van der Waals surface area (Å²) < 4.78 is 5.59. The van der Waals surface area contributed by atoms with Crippen LogP contribution >= 0.6 is 0 Å². The van der Waals surface area contributed by atoms with E-state index in [2.05, 4.69) is 19.2 Å². The standard InChI is InChI=1S/C17H25NO4/c1-12(2)11-22-14-7-5-6-13(10-14)15(19)18-9-8-17(3,4)16(20)21/h5-7,10,12H,8-9,11H2,1-4H3,(H,18,19)(H,20,21). The van der Waals surface area contributed by atoms with Crippen LogP contribution in [-0.4, -0.2) is 30.1 Å². The summed E-state index contributed by atoms with van der Waals surface area (Å²) >= 11 is 0. The smallest absolute Gasteiger partial charge is 0.309 e. The molecule has 0 aliphatic heterocycles. The molecule has 0 aliphatic rings. The maximum Gasteiger partial charge on any atom is 0.309 e. The van der Waals surface area contributed by atoms with Crippen molar-refractivity contribution >= 4 is 11.9 Å². The summed E-state index contributed by atoms with van der Waals surface area (Å²) in [6.07, 6.45) is 0.373. The zero-order chi connectivity index (χ0) is 16.8. The Kier molecular flexibility index (Phi) is 6.40. The van der Waals surface area contributed by atoms with Gasteiger partial charge in [-0.05, 0) is 44.4 Å². The summed E-state index contributed by atoms with van der Waals surface area (Å²) in [5, 5.41) is 11.8. The predicted octanol–water partition coefficient (Wildman–Crippen LogP) is 2.95. The van der Waals surface area contributed by atoms with E-state index in [4.69, 9.17) is 9.84 Å². The molecule has 0 aromatic heterocycles. The topological polar surface area (TPSA) is 75.6 Å². The number of amides is 1. The van der Waals surface area contributed by atoms with Crippen LogP contribution in [0.1, 0.15) is 44.5 Å². The Morgan fingerprint density at radius 1 is 1.32 bits per heavy atom. The number of hydrogen-bond acceptors (Lipinski definition) is 3. The van der Waals surface area contributed by atoms with Crippen LogP contribution in [0.5, 0.6) is 5.75 Å². The number of benzene rings is 1. The third kappa shape index (κ3) is 5.76. The molecule has 0 bridgehead atoms. The maximum atomic E-state index is 12.1. The molecule has 0 saturated heterocycles. The van der Waals surface area contributed by atoms with E-state index in [1.54, 1.807) is 32.0 Å². The summed E-state index contributed by atoms with van der Waals surface area (Å²) in [6.45, 7) is 8.30. The summed E-state index contributed by atoms with van der Waals surface area (Å²) in [7, 11) is 0.